The molecule has 4 aromatic rings. The number of carbonyl (C=O) groups excluding carboxylic acids is 1. The molecule has 1 unspecified atom stereocenters. The number of hydrogen-bond acceptors (Lipinski definition) is 7. The van der Waals surface area contributed by atoms with E-state index in [-0.39, 0.29) is 17.0 Å². The van der Waals surface area contributed by atoms with Crippen LogP contribution < -0.4 is 5.32 Å². The van der Waals surface area contributed by atoms with Crippen LogP contribution in [0.4, 0.5) is 11.4 Å². The first-order chi connectivity index (χ1) is 17.1. The van der Waals surface area contributed by atoms with Gasteiger partial charge in [0, 0.05) is 23.4 Å². The van der Waals surface area contributed by atoms with E-state index in [1.807, 2.05) is 28.8 Å². The molecular formula is C26H27N5O4S. The number of nitrogens with zero attached hydrogens (tertiary/aromatic N) is 4. The summed E-state index contributed by atoms with van der Waals surface area (Å²) >= 11 is 1.25. The molecule has 1 amide bonds. The number of nitro groups is 1. The minimum absolute atomic E-state index is 0.0311. The van der Waals surface area contributed by atoms with Gasteiger partial charge in [-0.15, -0.1) is 10.2 Å². The number of carbonyl (C=O) groups is 1. The number of anilines is 1. The maximum atomic E-state index is 12.9. The van der Waals surface area contributed by atoms with E-state index in [2.05, 4.69) is 48.4 Å². The molecule has 0 aliphatic rings. The highest BCUT2D eigenvalue weighted by Crippen LogP contribution is 2.30. The SMILES string of the molecule is CC(Sc1nnc(-c2ccc(C(C)(C)C)cc2)n1Cc1ccco1)C(=O)Nc1cccc([N+](=O)[O-])c1. The normalized spacial score (nSPS) is 12.3. The fraction of sp³-hybridized carbons (Fsp3) is 0.269. The van der Waals surface area contributed by atoms with E-state index >= 15 is 0 Å². The zero-order chi connectivity index (χ0) is 25.9. The van der Waals surface area contributed by atoms with Crippen molar-refractivity contribution in [2.75, 3.05) is 5.32 Å². The first-order valence-corrected chi connectivity index (χ1v) is 12.3. The van der Waals surface area contributed by atoms with Crippen LogP contribution in [0.3, 0.4) is 0 Å². The Hall–Kier alpha value is -3.92. The van der Waals surface area contributed by atoms with Crippen molar-refractivity contribution >= 4 is 29.0 Å². The summed E-state index contributed by atoms with van der Waals surface area (Å²) in [4.78, 5) is 23.4. The molecule has 10 heteroatoms. The number of benzene rings is 2. The first-order valence-electron chi connectivity index (χ1n) is 11.4. The molecule has 0 aliphatic carbocycles. The molecule has 4 rings (SSSR count). The molecule has 186 valence electrons. The van der Waals surface area contributed by atoms with Crippen LogP contribution >= 0.6 is 11.8 Å². The Morgan fingerprint density at radius 2 is 1.89 bits per heavy atom. The Kier molecular flexibility index (Phi) is 7.25. The summed E-state index contributed by atoms with van der Waals surface area (Å²) in [6.45, 7) is 8.64. The van der Waals surface area contributed by atoms with Crippen molar-refractivity contribution in [2.24, 2.45) is 0 Å². The topological polar surface area (TPSA) is 116 Å². The number of thioether (sulfide) groups is 1. The van der Waals surface area contributed by atoms with Gasteiger partial charge in [0.15, 0.2) is 11.0 Å². The number of nitro benzene ring substituents is 1. The van der Waals surface area contributed by atoms with Crippen molar-refractivity contribution < 1.29 is 14.1 Å². The summed E-state index contributed by atoms with van der Waals surface area (Å²) in [6.07, 6.45) is 1.61. The van der Waals surface area contributed by atoms with E-state index in [0.29, 0.717) is 23.2 Å². The summed E-state index contributed by atoms with van der Waals surface area (Å²) in [5.74, 6) is 1.10. The quantitative estimate of drug-likeness (QED) is 0.180. The number of amides is 1. The first kappa shape index (κ1) is 25.2. The zero-order valence-electron chi connectivity index (χ0n) is 20.5. The number of rotatable bonds is 8. The third-order valence-electron chi connectivity index (χ3n) is 5.60. The lowest BCUT2D eigenvalue weighted by Gasteiger charge is -2.19. The Balaban J connectivity index is 1.58. The van der Waals surface area contributed by atoms with E-state index in [1.54, 1.807) is 19.3 Å². The molecule has 2 heterocycles. The number of aromatic nitrogens is 3. The van der Waals surface area contributed by atoms with Gasteiger partial charge in [-0.2, -0.15) is 0 Å². The Morgan fingerprint density at radius 3 is 2.53 bits per heavy atom. The number of hydrogen-bond donors (Lipinski definition) is 1. The predicted molar refractivity (Wildman–Crippen MR) is 139 cm³/mol. The van der Waals surface area contributed by atoms with Gasteiger partial charge in [-0.3, -0.25) is 19.5 Å². The lowest BCUT2D eigenvalue weighted by molar-refractivity contribution is -0.384. The van der Waals surface area contributed by atoms with Crippen LogP contribution in [0.2, 0.25) is 0 Å². The van der Waals surface area contributed by atoms with Crippen molar-refractivity contribution in [2.45, 2.75) is 50.1 Å². The largest absolute Gasteiger partial charge is 0.467 e. The van der Waals surface area contributed by atoms with Gasteiger partial charge in [-0.25, -0.2) is 0 Å². The average Bonchev–Trinajstić information content (AvgIpc) is 3.49. The lowest BCUT2D eigenvalue weighted by atomic mass is 9.87. The van der Waals surface area contributed by atoms with Gasteiger partial charge in [0.25, 0.3) is 5.69 Å². The second-order valence-electron chi connectivity index (χ2n) is 9.36. The summed E-state index contributed by atoms with van der Waals surface area (Å²) in [5.41, 5.74) is 2.42. The van der Waals surface area contributed by atoms with Crippen molar-refractivity contribution in [1.82, 2.24) is 14.8 Å². The highest BCUT2D eigenvalue weighted by Gasteiger charge is 2.23. The monoisotopic (exact) mass is 505 g/mol. The maximum Gasteiger partial charge on any atom is 0.271 e. The van der Waals surface area contributed by atoms with Crippen LogP contribution in [0.5, 0.6) is 0 Å². The Morgan fingerprint density at radius 1 is 1.14 bits per heavy atom. The second kappa shape index (κ2) is 10.4. The van der Waals surface area contributed by atoms with Crippen LogP contribution in [0.25, 0.3) is 11.4 Å². The van der Waals surface area contributed by atoms with Gasteiger partial charge in [-0.05, 0) is 36.1 Å². The van der Waals surface area contributed by atoms with Crippen molar-refractivity contribution in [1.29, 1.82) is 0 Å². The summed E-state index contributed by atoms with van der Waals surface area (Å²) in [7, 11) is 0. The molecule has 1 atom stereocenters. The van der Waals surface area contributed by atoms with Crippen molar-refractivity contribution in [3.8, 4) is 11.4 Å². The van der Waals surface area contributed by atoms with Gasteiger partial charge >= 0.3 is 0 Å². The smallest absolute Gasteiger partial charge is 0.271 e. The molecular weight excluding hydrogens is 478 g/mol. The van der Waals surface area contributed by atoms with Crippen LogP contribution in [0, 0.1) is 10.1 Å². The molecule has 0 radical (unpaired) electrons. The van der Waals surface area contributed by atoms with E-state index in [4.69, 9.17) is 4.42 Å². The van der Waals surface area contributed by atoms with Gasteiger partial charge in [0.1, 0.15) is 5.76 Å². The van der Waals surface area contributed by atoms with E-state index in [1.165, 1.54) is 35.5 Å². The molecule has 0 fully saturated rings. The van der Waals surface area contributed by atoms with Gasteiger partial charge in [-0.1, -0.05) is 62.9 Å². The standard InChI is InChI=1S/C26H27N5O4S/c1-17(24(32)27-20-7-5-8-21(15-20)31(33)34)36-25-29-28-23(30(25)16-22-9-6-14-35-22)18-10-12-19(13-11-18)26(2,3)4/h5-15,17H,16H2,1-4H3,(H,27,32). The predicted octanol–water partition coefficient (Wildman–Crippen LogP) is 5.91. The molecule has 0 bridgehead atoms. The minimum Gasteiger partial charge on any atom is -0.467 e. The third kappa shape index (κ3) is 5.83. The molecule has 9 nitrogen and oxygen atoms in total. The Labute approximate surface area is 213 Å². The minimum atomic E-state index is -0.542. The number of nitrogens with one attached hydrogen (secondary N) is 1. The number of furan rings is 1. The van der Waals surface area contributed by atoms with E-state index < -0.39 is 10.2 Å². The van der Waals surface area contributed by atoms with Crippen LogP contribution in [0.15, 0.2) is 76.5 Å². The average molecular weight is 506 g/mol. The summed E-state index contributed by atoms with van der Waals surface area (Å²) in [5, 5.41) is 22.6. The molecule has 1 N–H and O–H groups in total. The van der Waals surface area contributed by atoms with Crippen LogP contribution in [0.1, 0.15) is 39.0 Å². The molecule has 0 saturated heterocycles. The van der Waals surface area contributed by atoms with Crippen molar-refractivity contribution in [3.05, 3.63) is 88.4 Å². The number of non-ortho nitro benzene ring substituents is 1. The molecule has 2 aromatic heterocycles. The third-order valence-corrected chi connectivity index (χ3v) is 6.68. The second-order valence-corrected chi connectivity index (χ2v) is 10.7. The van der Waals surface area contributed by atoms with Gasteiger partial charge in [0.05, 0.1) is 23.0 Å². The highest BCUT2D eigenvalue weighted by atomic mass is 32.2. The van der Waals surface area contributed by atoms with E-state index in [0.717, 1.165) is 11.3 Å². The molecule has 0 saturated carbocycles. The molecule has 0 aliphatic heterocycles. The fourth-order valence-electron chi connectivity index (χ4n) is 3.56. The van der Waals surface area contributed by atoms with Gasteiger partial charge in [0.2, 0.25) is 5.91 Å². The van der Waals surface area contributed by atoms with E-state index in [9.17, 15) is 14.9 Å². The zero-order valence-corrected chi connectivity index (χ0v) is 21.3. The molecule has 36 heavy (non-hydrogen) atoms. The van der Waals surface area contributed by atoms with Crippen LogP contribution in [-0.4, -0.2) is 30.8 Å². The highest BCUT2D eigenvalue weighted by molar-refractivity contribution is 8.00. The van der Waals surface area contributed by atoms with Gasteiger partial charge < -0.3 is 9.73 Å². The maximum absolute atomic E-state index is 12.9. The molecule has 0 spiro atoms. The molecule has 2 aromatic carbocycles. The fourth-order valence-corrected chi connectivity index (χ4v) is 4.41. The summed E-state index contributed by atoms with van der Waals surface area (Å²) in [6, 6.07) is 17.8. The Bertz CT molecular complexity index is 1360. The lowest BCUT2D eigenvalue weighted by Crippen LogP contribution is -2.23. The summed E-state index contributed by atoms with van der Waals surface area (Å²) < 4.78 is 7.48. The van der Waals surface area contributed by atoms with Crippen molar-refractivity contribution in [3.63, 3.8) is 0 Å². The van der Waals surface area contributed by atoms with Crippen LogP contribution in [-0.2, 0) is 16.8 Å².